The Bertz CT molecular complexity index is 2780. The van der Waals surface area contributed by atoms with Gasteiger partial charge in [0.25, 0.3) is 0 Å². The molecule has 49 heavy (non-hydrogen) atoms. The van der Waals surface area contributed by atoms with Crippen molar-refractivity contribution in [2.75, 3.05) is 0 Å². The normalized spacial score (nSPS) is 12.5. The van der Waals surface area contributed by atoms with Gasteiger partial charge in [-0.05, 0) is 95.9 Å². The number of para-hydroxylation sites is 3. The molecule has 0 aliphatic rings. The zero-order valence-electron chi connectivity index (χ0n) is 27.2. The van der Waals surface area contributed by atoms with Gasteiger partial charge in [-0.2, -0.15) is 0 Å². The van der Waals surface area contributed by atoms with Crippen molar-refractivity contribution in [1.82, 2.24) is 14.1 Å². The number of hydrogen-bond donors (Lipinski definition) is 0. The van der Waals surface area contributed by atoms with Crippen LogP contribution in [0.5, 0.6) is 0 Å². The molecule has 0 atom stereocenters. The molecule has 0 saturated heterocycles. The van der Waals surface area contributed by atoms with Crippen molar-refractivity contribution in [3.05, 3.63) is 188 Å². The molecule has 9 aromatic rings. The molecule has 232 valence electrons. The van der Waals surface area contributed by atoms with E-state index in [-0.39, 0.29) is 0 Å². The number of hydrogen-bond acceptors (Lipinski definition) is 1. The monoisotopic (exact) mass is 627 g/mol. The number of allylic oxidation sites excluding steroid dienone is 5. The van der Waals surface area contributed by atoms with Crippen LogP contribution in [0.4, 0.5) is 0 Å². The second kappa shape index (κ2) is 11.7. The van der Waals surface area contributed by atoms with Crippen molar-refractivity contribution < 1.29 is 0 Å². The van der Waals surface area contributed by atoms with E-state index in [1.165, 1.54) is 38.1 Å². The van der Waals surface area contributed by atoms with E-state index in [9.17, 15) is 0 Å². The Morgan fingerprint density at radius 2 is 1.20 bits per heavy atom. The lowest BCUT2D eigenvalue weighted by Gasteiger charge is -2.11. The van der Waals surface area contributed by atoms with E-state index in [2.05, 4.69) is 174 Å². The molecule has 0 amide bonds. The Kier molecular flexibility index (Phi) is 6.84. The maximum absolute atomic E-state index is 4.83. The second-order valence-corrected chi connectivity index (χ2v) is 12.4. The van der Waals surface area contributed by atoms with E-state index in [0.29, 0.717) is 0 Å². The summed E-state index contributed by atoms with van der Waals surface area (Å²) in [5, 5.41) is 5.97. The van der Waals surface area contributed by atoms with Crippen molar-refractivity contribution in [2.24, 2.45) is 0 Å². The summed E-state index contributed by atoms with van der Waals surface area (Å²) in [6.07, 6.45) is 8.31. The topological polar surface area (TPSA) is 22.8 Å². The van der Waals surface area contributed by atoms with Crippen molar-refractivity contribution in [3.63, 3.8) is 0 Å². The van der Waals surface area contributed by atoms with E-state index in [4.69, 9.17) is 4.98 Å². The Balaban J connectivity index is 1.21. The van der Waals surface area contributed by atoms with E-state index in [1.807, 2.05) is 18.3 Å². The lowest BCUT2D eigenvalue weighted by molar-refractivity contribution is 1.18. The van der Waals surface area contributed by atoms with E-state index in [0.717, 1.165) is 50.0 Å². The van der Waals surface area contributed by atoms with E-state index in [1.54, 1.807) is 0 Å². The predicted octanol–water partition coefficient (Wildman–Crippen LogP) is 12.1. The maximum atomic E-state index is 4.83. The minimum Gasteiger partial charge on any atom is -0.309 e. The fourth-order valence-corrected chi connectivity index (χ4v) is 7.45. The van der Waals surface area contributed by atoms with Crippen LogP contribution in [0, 0.1) is 0 Å². The van der Waals surface area contributed by atoms with Crippen LogP contribution in [0.3, 0.4) is 0 Å². The van der Waals surface area contributed by atoms with E-state index >= 15 is 0 Å². The van der Waals surface area contributed by atoms with Crippen LogP contribution in [0.2, 0.25) is 0 Å². The molecule has 3 aromatic heterocycles. The quantitative estimate of drug-likeness (QED) is 0.168. The summed E-state index contributed by atoms with van der Waals surface area (Å²) in [6.45, 7) is 6.38. The van der Waals surface area contributed by atoms with Crippen molar-refractivity contribution in [2.45, 2.75) is 6.92 Å². The highest BCUT2D eigenvalue weighted by Gasteiger charge is 2.17. The zero-order valence-corrected chi connectivity index (χ0v) is 27.2. The molecule has 0 aliphatic carbocycles. The first-order valence-corrected chi connectivity index (χ1v) is 16.7. The molecule has 0 radical (unpaired) electrons. The van der Waals surface area contributed by atoms with E-state index < -0.39 is 0 Å². The summed E-state index contributed by atoms with van der Waals surface area (Å²) >= 11 is 0. The zero-order chi connectivity index (χ0) is 32.9. The van der Waals surface area contributed by atoms with Crippen LogP contribution in [-0.4, -0.2) is 14.1 Å². The Labute approximate surface area is 285 Å². The largest absolute Gasteiger partial charge is 0.309 e. The first-order valence-electron chi connectivity index (χ1n) is 16.7. The molecule has 6 aromatic carbocycles. The van der Waals surface area contributed by atoms with Crippen LogP contribution in [0.25, 0.3) is 77.0 Å². The molecule has 3 nitrogen and oxygen atoms in total. The number of rotatable bonds is 6. The maximum Gasteiger partial charge on any atom is 0.0802 e. The predicted molar refractivity (Wildman–Crippen MR) is 209 cm³/mol. The van der Waals surface area contributed by atoms with Gasteiger partial charge in [-0.1, -0.05) is 104 Å². The van der Waals surface area contributed by atoms with Gasteiger partial charge in [-0.3, -0.25) is 4.98 Å². The van der Waals surface area contributed by atoms with Crippen LogP contribution in [0.1, 0.15) is 18.1 Å². The number of nitrogens with zero attached hydrogens (tertiary/aromatic N) is 3. The Hall–Kier alpha value is -6.45. The van der Waals surface area contributed by atoms with Crippen molar-refractivity contribution in [1.29, 1.82) is 0 Å². The molecule has 9 rings (SSSR count). The fraction of sp³-hybridized carbons (Fsp3) is 0.0217. The molecule has 0 bridgehead atoms. The van der Waals surface area contributed by atoms with Crippen LogP contribution >= 0.6 is 0 Å². The third kappa shape index (κ3) is 4.62. The van der Waals surface area contributed by atoms with Crippen LogP contribution < -0.4 is 0 Å². The van der Waals surface area contributed by atoms with Gasteiger partial charge in [0.1, 0.15) is 0 Å². The summed E-state index contributed by atoms with van der Waals surface area (Å²) in [6, 6.07) is 52.0. The van der Waals surface area contributed by atoms with Gasteiger partial charge in [0.15, 0.2) is 0 Å². The van der Waals surface area contributed by atoms with Gasteiger partial charge in [-0.15, -0.1) is 0 Å². The molecule has 0 unspecified atom stereocenters. The first-order chi connectivity index (χ1) is 24.2. The number of aromatic nitrogens is 3. The summed E-state index contributed by atoms with van der Waals surface area (Å²) < 4.78 is 4.71. The number of pyridine rings is 1. The minimum absolute atomic E-state index is 1.02. The molecule has 3 heteroatoms. The third-order valence-electron chi connectivity index (χ3n) is 9.71. The lowest BCUT2D eigenvalue weighted by atomic mass is 9.96. The van der Waals surface area contributed by atoms with Gasteiger partial charge in [0.05, 0.1) is 27.6 Å². The molecule has 0 spiro atoms. The van der Waals surface area contributed by atoms with Crippen molar-refractivity contribution in [3.8, 4) is 11.4 Å². The van der Waals surface area contributed by atoms with Crippen molar-refractivity contribution >= 4 is 65.7 Å². The fourth-order valence-electron chi connectivity index (χ4n) is 7.45. The standard InChI is InChI=1S/C46H33N3/c1-3-31(34-23-25-42-40(29-34)38-19-11-12-20-41(38)48(42)36-15-7-5-8-16-36)28-32(4-2)35-21-24-39-44(30-35)49(37-17-9-6-10-18-37)43-26-22-33-14-13-27-47-46(33)45(39)43/h3-30H,2H2,1H3/b31-3+,32-28+. The molecule has 3 heterocycles. The molecule has 0 saturated carbocycles. The molecule has 0 N–H and O–H groups in total. The highest BCUT2D eigenvalue weighted by atomic mass is 15.0. The van der Waals surface area contributed by atoms with Gasteiger partial charge in [-0.25, -0.2) is 0 Å². The first kappa shape index (κ1) is 28.7. The smallest absolute Gasteiger partial charge is 0.0802 e. The summed E-state index contributed by atoms with van der Waals surface area (Å²) in [5.74, 6) is 0. The highest BCUT2D eigenvalue weighted by molar-refractivity contribution is 6.20. The minimum atomic E-state index is 1.02. The Morgan fingerprint density at radius 1 is 0.551 bits per heavy atom. The molecular formula is C46H33N3. The summed E-state index contributed by atoms with van der Waals surface area (Å²) in [7, 11) is 0. The highest BCUT2D eigenvalue weighted by Crippen LogP contribution is 2.38. The third-order valence-corrected chi connectivity index (χ3v) is 9.71. The second-order valence-electron chi connectivity index (χ2n) is 12.4. The number of fused-ring (bicyclic) bond motifs is 8. The summed E-state index contributed by atoms with van der Waals surface area (Å²) in [4.78, 5) is 4.83. The van der Waals surface area contributed by atoms with Gasteiger partial charge < -0.3 is 9.13 Å². The van der Waals surface area contributed by atoms with Crippen LogP contribution in [0.15, 0.2) is 177 Å². The van der Waals surface area contributed by atoms with Gasteiger partial charge in [0, 0.05) is 44.5 Å². The summed E-state index contributed by atoms with van der Waals surface area (Å²) in [5.41, 5.74) is 12.5. The average molecular weight is 628 g/mol. The average Bonchev–Trinajstić information content (AvgIpc) is 3.68. The molecular weight excluding hydrogens is 595 g/mol. The SMILES string of the molecule is C=C/C(=C\C(=C/C)c1ccc2c(c1)c1ccccc1n2-c1ccccc1)c1ccc2c3c4ncccc4ccc3n(-c3ccccc3)c2c1. The van der Waals surface area contributed by atoms with Gasteiger partial charge >= 0.3 is 0 Å². The molecule has 0 fully saturated rings. The Morgan fingerprint density at radius 3 is 1.96 bits per heavy atom. The van der Waals surface area contributed by atoms with Gasteiger partial charge in [0.2, 0.25) is 0 Å². The van der Waals surface area contributed by atoms with Crippen LogP contribution in [-0.2, 0) is 0 Å². The lowest BCUT2D eigenvalue weighted by Crippen LogP contribution is -1.94. The number of benzene rings is 6. The molecule has 0 aliphatic heterocycles.